The maximum atomic E-state index is 12.8. The lowest BCUT2D eigenvalue weighted by atomic mass is 10.0. The normalized spacial score (nSPS) is 24.0. The van der Waals surface area contributed by atoms with Crippen molar-refractivity contribution in [1.82, 2.24) is 15.1 Å². The fraction of sp³-hybridized carbons (Fsp3) is 0.409. The summed E-state index contributed by atoms with van der Waals surface area (Å²) in [5.74, 6) is 0.552. The molecule has 3 heterocycles. The SMILES string of the molecule is C=N/C=C(\N=CC)N1CC[C@@H](Oc2ccc3c(c2)CN(C2CCC(=O)NC2=O)C3=O)C1. The van der Waals surface area contributed by atoms with Crippen LogP contribution in [0.15, 0.2) is 40.2 Å². The third-order valence-corrected chi connectivity index (χ3v) is 5.73. The average Bonchev–Trinajstić information content (AvgIpc) is 3.32. The summed E-state index contributed by atoms with van der Waals surface area (Å²) in [7, 11) is 0. The summed E-state index contributed by atoms with van der Waals surface area (Å²) in [6.45, 7) is 7.16. The number of nitrogens with one attached hydrogen (secondary N) is 1. The molecule has 162 valence electrons. The molecule has 3 aliphatic rings. The third kappa shape index (κ3) is 4.21. The van der Waals surface area contributed by atoms with Gasteiger partial charge in [0.15, 0.2) is 0 Å². The predicted molar refractivity (Wildman–Crippen MR) is 115 cm³/mol. The van der Waals surface area contributed by atoms with Crippen molar-refractivity contribution in [3.63, 3.8) is 0 Å². The van der Waals surface area contributed by atoms with Crippen LogP contribution >= 0.6 is 0 Å². The quantitative estimate of drug-likeness (QED) is 0.552. The Labute approximate surface area is 180 Å². The van der Waals surface area contributed by atoms with E-state index in [1.54, 1.807) is 24.5 Å². The molecule has 31 heavy (non-hydrogen) atoms. The zero-order chi connectivity index (χ0) is 22.0. The van der Waals surface area contributed by atoms with Crippen LogP contribution in [0.4, 0.5) is 0 Å². The Morgan fingerprint density at radius 1 is 1.29 bits per heavy atom. The standard InChI is InChI=1S/C22H25N5O4/c1-3-24-19(11-23-2)26-9-8-16(13-26)31-15-4-5-17-14(10-15)12-27(22(17)30)18-6-7-20(28)25-21(18)29/h3-5,10-11,16,18H,2,6-9,12-13H2,1H3,(H,25,28,29)/b19-11+,24-3?/t16-,18?/m1/s1. The first kappa shape index (κ1) is 20.8. The maximum Gasteiger partial charge on any atom is 0.255 e. The van der Waals surface area contributed by atoms with Gasteiger partial charge in [-0.1, -0.05) is 0 Å². The Morgan fingerprint density at radius 2 is 2.13 bits per heavy atom. The van der Waals surface area contributed by atoms with Gasteiger partial charge in [-0.05, 0) is 43.8 Å². The molecule has 0 bridgehead atoms. The van der Waals surface area contributed by atoms with E-state index in [1.165, 1.54) is 4.90 Å². The Kier molecular flexibility index (Phi) is 5.83. The minimum atomic E-state index is -0.617. The van der Waals surface area contributed by atoms with Gasteiger partial charge in [-0.3, -0.25) is 24.7 Å². The number of piperidine rings is 1. The first-order valence-corrected chi connectivity index (χ1v) is 10.3. The number of carbonyl (C=O) groups excluding carboxylic acids is 3. The highest BCUT2D eigenvalue weighted by Gasteiger charge is 2.39. The molecule has 2 saturated heterocycles. The summed E-state index contributed by atoms with van der Waals surface area (Å²) >= 11 is 0. The summed E-state index contributed by atoms with van der Waals surface area (Å²) in [5.41, 5.74) is 1.40. The highest BCUT2D eigenvalue weighted by atomic mass is 16.5. The van der Waals surface area contributed by atoms with Crippen molar-refractivity contribution >= 4 is 30.7 Å². The molecule has 2 fully saturated rings. The smallest absolute Gasteiger partial charge is 0.255 e. The second-order valence-corrected chi connectivity index (χ2v) is 7.75. The molecule has 1 unspecified atom stereocenters. The summed E-state index contributed by atoms with van der Waals surface area (Å²) < 4.78 is 6.17. The van der Waals surface area contributed by atoms with Crippen LogP contribution in [-0.4, -0.2) is 65.7 Å². The van der Waals surface area contributed by atoms with Crippen LogP contribution in [0.3, 0.4) is 0 Å². The summed E-state index contributed by atoms with van der Waals surface area (Å²) in [5, 5.41) is 2.32. The van der Waals surface area contributed by atoms with E-state index in [2.05, 4.69) is 26.9 Å². The van der Waals surface area contributed by atoms with E-state index in [4.69, 9.17) is 4.74 Å². The van der Waals surface area contributed by atoms with Crippen molar-refractivity contribution < 1.29 is 19.1 Å². The molecule has 4 rings (SSSR count). The number of ether oxygens (including phenoxy) is 1. The fourth-order valence-corrected chi connectivity index (χ4v) is 4.26. The van der Waals surface area contributed by atoms with Gasteiger partial charge in [0.1, 0.15) is 23.7 Å². The number of hydrogen-bond donors (Lipinski definition) is 1. The van der Waals surface area contributed by atoms with Crippen LogP contribution in [0.5, 0.6) is 5.75 Å². The minimum Gasteiger partial charge on any atom is -0.489 e. The number of benzene rings is 1. The van der Waals surface area contributed by atoms with E-state index >= 15 is 0 Å². The van der Waals surface area contributed by atoms with Crippen molar-refractivity contribution in [3.05, 3.63) is 41.3 Å². The number of fused-ring (bicyclic) bond motifs is 1. The van der Waals surface area contributed by atoms with Gasteiger partial charge in [0, 0.05) is 37.7 Å². The van der Waals surface area contributed by atoms with E-state index in [9.17, 15) is 14.4 Å². The van der Waals surface area contributed by atoms with Gasteiger partial charge in [0.05, 0.1) is 12.7 Å². The van der Waals surface area contributed by atoms with Crippen molar-refractivity contribution in [2.24, 2.45) is 9.98 Å². The molecule has 0 radical (unpaired) electrons. The first-order valence-electron chi connectivity index (χ1n) is 10.3. The van der Waals surface area contributed by atoms with Gasteiger partial charge in [0.25, 0.3) is 5.91 Å². The van der Waals surface area contributed by atoms with Crippen LogP contribution < -0.4 is 10.1 Å². The van der Waals surface area contributed by atoms with Crippen LogP contribution in [0.1, 0.15) is 42.1 Å². The number of likely N-dealkylation sites (tertiary alicyclic amines) is 1. The zero-order valence-corrected chi connectivity index (χ0v) is 17.4. The third-order valence-electron chi connectivity index (χ3n) is 5.73. The topological polar surface area (TPSA) is 104 Å². The van der Waals surface area contributed by atoms with Crippen LogP contribution in [0.2, 0.25) is 0 Å². The van der Waals surface area contributed by atoms with E-state index in [0.717, 1.165) is 24.4 Å². The minimum absolute atomic E-state index is 0.0123. The Morgan fingerprint density at radius 3 is 2.87 bits per heavy atom. The van der Waals surface area contributed by atoms with Crippen LogP contribution in [0, 0.1) is 0 Å². The maximum absolute atomic E-state index is 12.8. The molecule has 9 nitrogen and oxygen atoms in total. The van der Waals surface area contributed by atoms with E-state index < -0.39 is 11.9 Å². The molecule has 0 aliphatic carbocycles. The van der Waals surface area contributed by atoms with E-state index in [1.807, 2.05) is 13.0 Å². The van der Waals surface area contributed by atoms with Gasteiger partial charge < -0.3 is 14.5 Å². The number of hydrogen-bond acceptors (Lipinski definition) is 7. The van der Waals surface area contributed by atoms with Gasteiger partial charge in [0.2, 0.25) is 11.8 Å². The molecule has 0 saturated carbocycles. The van der Waals surface area contributed by atoms with Gasteiger partial charge in [-0.15, -0.1) is 0 Å². The Hall–Kier alpha value is -3.49. The summed E-state index contributed by atoms with van der Waals surface area (Å²) in [6.07, 6.45) is 4.77. The molecule has 9 heteroatoms. The number of nitrogens with zero attached hydrogens (tertiary/aromatic N) is 4. The molecule has 1 N–H and O–H groups in total. The lowest BCUT2D eigenvalue weighted by Crippen LogP contribution is -2.52. The van der Waals surface area contributed by atoms with Crippen molar-refractivity contribution in [2.75, 3.05) is 13.1 Å². The molecule has 2 atom stereocenters. The zero-order valence-electron chi connectivity index (χ0n) is 17.4. The monoisotopic (exact) mass is 423 g/mol. The van der Waals surface area contributed by atoms with Crippen molar-refractivity contribution in [2.45, 2.75) is 44.9 Å². The Bertz CT molecular complexity index is 986. The first-order chi connectivity index (χ1) is 15.0. The van der Waals surface area contributed by atoms with Crippen molar-refractivity contribution in [1.29, 1.82) is 0 Å². The lowest BCUT2D eigenvalue weighted by Gasteiger charge is -2.29. The fourth-order valence-electron chi connectivity index (χ4n) is 4.26. The molecule has 1 aromatic rings. The number of aliphatic imine (C=N–C) groups is 2. The Balaban J connectivity index is 1.42. The van der Waals surface area contributed by atoms with Gasteiger partial charge in [-0.25, -0.2) is 4.99 Å². The average molecular weight is 423 g/mol. The molecule has 0 aromatic heterocycles. The van der Waals surface area contributed by atoms with E-state index in [0.29, 0.717) is 30.8 Å². The molecule has 0 spiro atoms. The highest BCUT2D eigenvalue weighted by molar-refractivity contribution is 6.05. The molecular formula is C22H25N5O4. The van der Waals surface area contributed by atoms with Crippen molar-refractivity contribution in [3.8, 4) is 5.75 Å². The largest absolute Gasteiger partial charge is 0.489 e. The van der Waals surface area contributed by atoms with Gasteiger partial charge >= 0.3 is 0 Å². The summed E-state index contributed by atoms with van der Waals surface area (Å²) in [4.78, 5) is 48.2. The summed E-state index contributed by atoms with van der Waals surface area (Å²) in [6, 6.07) is 4.79. The number of rotatable bonds is 6. The van der Waals surface area contributed by atoms with Crippen LogP contribution in [0.25, 0.3) is 0 Å². The molecular weight excluding hydrogens is 398 g/mol. The molecule has 3 aliphatic heterocycles. The second-order valence-electron chi connectivity index (χ2n) is 7.75. The second kappa shape index (κ2) is 8.71. The predicted octanol–water partition coefficient (Wildman–Crippen LogP) is 1.49. The van der Waals surface area contributed by atoms with E-state index in [-0.39, 0.29) is 24.3 Å². The number of imide groups is 1. The highest BCUT2D eigenvalue weighted by Crippen LogP contribution is 2.31. The number of amides is 3. The molecule has 3 amide bonds. The van der Waals surface area contributed by atoms with Gasteiger partial charge in [-0.2, -0.15) is 0 Å². The molecule has 1 aromatic carbocycles. The number of carbonyl (C=O) groups is 3. The lowest BCUT2D eigenvalue weighted by molar-refractivity contribution is -0.136. The van der Waals surface area contributed by atoms with Crippen LogP contribution in [-0.2, 0) is 16.1 Å².